The van der Waals surface area contributed by atoms with E-state index in [-0.39, 0.29) is 0 Å². The van der Waals surface area contributed by atoms with Crippen LogP contribution < -0.4 is 5.32 Å². The molecule has 0 saturated carbocycles. The first-order valence-electron chi connectivity index (χ1n) is 10.9. The zero-order chi connectivity index (χ0) is 22.2. The number of fused-ring (bicyclic) bond motifs is 2. The number of anilines is 1. The van der Waals surface area contributed by atoms with E-state index in [9.17, 15) is 0 Å². The number of hydrogen-bond acceptors (Lipinski definition) is 7. The lowest BCUT2D eigenvalue weighted by Gasteiger charge is -2.11. The summed E-state index contributed by atoms with van der Waals surface area (Å²) in [5.74, 6) is 0.570. The fourth-order valence-electron chi connectivity index (χ4n) is 4.06. The molecule has 0 aliphatic carbocycles. The second-order valence-corrected chi connectivity index (χ2v) is 9.36. The third-order valence-corrected chi connectivity index (χ3v) is 6.84. The SMILES string of the molecule is Cn1cc(-c2ccc3nnc(Sc4ccc5ncc(NCC6CCOC6)cc5c4)n3c2)cn1. The molecule has 1 fully saturated rings. The van der Waals surface area contributed by atoms with Gasteiger partial charge in [0.15, 0.2) is 10.8 Å². The van der Waals surface area contributed by atoms with Crippen molar-refractivity contribution in [1.29, 1.82) is 0 Å². The molecule has 6 rings (SSSR count). The maximum atomic E-state index is 5.47. The number of rotatable bonds is 6. The molecule has 1 aromatic carbocycles. The summed E-state index contributed by atoms with van der Waals surface area (Å²) in [7, 11) is 1.92. The zero-order valence-electron chi connectivity index (χ0n) is 18.2. The fourth-order valence-corrected chi connectivity index (χ4v) is 4.92. The van der Waals surface area contributed by atoms with Crippen LogP contribution in [0.5, 0.6) is 0 Å². The van der Waals surface area contributed by atoms with E-state index >= 15 is 0 Å². The van der Waals surface area contributed by atoms with Crippen molar-refractivity contribution in [3.63, 3.8) is 0 Å². The molecule has 1 unspecified atom stereocenters. The Balaban J connectivity index is 1.26. The molecular weight excluding hydrogens is 434 g/mol. The van der Waals surface area contributed by atoms with Crippen molar-refractivity contribution in [2.75, 3.05) is 25.1 Å². The van der Waals surface area contributed by atoms with Crippen LogP contribution in [0.15, 0.2) is 71.2 Å². The van der Waals surface area contributed by atoms with Crippen molar-refractivity contribution in [2.24, 2.45) is 13.0 Å². The number of aryl methyl sites for hydroxylation is 1. The minimum atomic E-state index is 0.570. The highest BCUT2D eigenvalue weighted by atomic mass is 32.2. The summed E-state index contributed by atoms with van der Waals surface area (Å²) in [5, 5.41) is 18.4. The van der Waals surface area contributed by atoms with Gasteiger partial charge in [0.05, 0.1) is 30.2 Å². The molecule has 0 spiro atoms. The molecule has 4 aromatic heterocycles. The van der Waals surface area contributed by atoms with Crippen molar-refractivity contribution in [3.05, 3.63) is 61.2 Å². The van der Waals surface area contributed by atoms with E-state index in [1.807, 2.05) is 42.2 Å². The molecule has 0 bridgehead atoms. The Bertz CT molecular complexity index is 1440. The molecule has 1 saturated heterocycles. The number of pyridine rings is 2. The summed E-state index contributed by atoms with van der Waals surface area (Å²) >= 11 is 1.59. The van der Waals surface area contributed by atoms with Gasteiger partial charge in [0.1, 0.15) is 0 Å². The van der Waals surface area contributed by atoms with E-state index in [1.165, 1.54) is 0 Å². The van der Waals surface area contributed by atoms with Gasteiger partial charge in [0.2, 0.25) is 0 Å². The minimum Gasteiger partial charge on any atom is -0.383 e. The minimum absolute atomic E-state index is 0.570. The molecule has 1 aliphatic rings. The van der Waals surface area contributed by atoms with Crippen LogP contribution in [0.2, 0.25) is 0 Å². The lowest BCUT2D eigenvalue weighted by atomic mass is 10.1. The molecule has 5 heterocycles. The Labute approximate surface area is 195 Å². The first-order valence-corrected chi connectivity index (χ1v) is 11.8. The number of aromatic nitrogens is 6. The highest BCUT2D eigenvalue weighted by molar-refractivity contribution is 7.99. The highest BCUT2D eigenvalue weighted by Gasteiger charge is 2.15. The number of ether oxygens (including phenoxy) is 1. The highest BCUT2D eigenvalue weighted by Crippen LogP contribution is 2.31. The first kappa shape index (κ1) is 20.2. The van der Waals surface area contributed by atoms with Gasteiger partial charge in [-0.3, -0.25) is 14.1 Å². The van der Waals surface area contributed by atoms with Crippen LogP contribution in [0, 0.1) is 5.92 Å². The van der Waals surface area contributed by atoms with Gasteiger partial charge in [-0.1, -0.05) is 0 Å². The number of nitrogens with one attached hydrogen (secondary N) is 1. The molecule has 9 heteroatoms. The van der Waals surface area contributed by atoms with Crippen LogP contribution in [-0.4, -0.2) is 49.1 Å². The number of benzene rings is 1. The first-order chi connectivity index (χ1) is 16.2. The maximum Gasteiger partial charge on any atom is 0.200 e. The molecule has 1 atom stereocenters. The monoisotopic (exact) mass is 457 g/mol. The van der Waals surface area contributed by atoms with E-state index in [1.54, 1.807) is 16.4 Å². The average Bonchev–Trinajstić information content (AvgIpc) is 3.59. The van der Waals surface area contributed by atoms with E-state index in [4.69, 9.17) is 4.74 Å². The van der Waals surface area contributed by atoms with Crippen molar-refractivity contribution >= 4 is 34.0 Å². The van der Waals surface area contributed by atoms with Crippen LogP contribution in [0.1, 0.15) is 6.42 Å². The van der Waals surface area contributed by atoms with Crippen LogP contribution in [0.25, 0.3) is 27.7 Å². The Kier molecular flexibility index (Phi) is 5.20. The van der Waals surface area contributed by atoms with Crippen LogP contribution in [0.3, 0.4) is 0 Å². The number of nitrogens with zero attached hydrogens (tertiary/aromatic N) is 6. The van der Waals surface area contributed by atoms with E-state index in [0.717, 1.165) is 69.6 Å². The quantitative estimate of drug-likeness (QED) is 0.408. The second-order valence-electron chi connectivity index (χ2n) is 8.32. The van der Waals surface area contributed by atoms with Gasteiger partial charge in [-0.05, 0) is 54.6 Å². The van der Waals surface area contributed by atoms with Gasteiger partial charge in [0.25, 0.3) is 0 Å². The number of hydrogen-bond donors (Lipinski definition) is 1. The van der Waals surface area contributed by atoms with Crippen LogP contribution in [-0.2, 0) is 11.8 Å². The lowest BCUT2D eigenvalue weighted by Crippen LogP contribution is -2.14. The summed E-state index contributed by atoms with van der Waals surface area (Å²) < 4.78 is 9.30. The second kappa shape index (κ2) is 8.49. The Morgan fingerprint density at radius 3 is 2.91 bits per heavy atom. The molecule has 1 aliphatic heterocycles. The molecule has 8 nitrogen and oxygen atoms in total. The van der Waals surface area contributed by atoms with Crippen molar-refractivity contribution in [1.82, 2.24) is 29.4 Å². The van der Waals surface area contributed by atoms with Gasteiger partial charge in [-0.15, -0.1) is 10.2 Å². The van der Waals surface area contributed by atoms with Crippen molar-refractivity contribution in [2.45, 2.75) is 16.5 Å². The smallest absolute Gasteiger partial charge is 0.200 e. The van der Waals surface area contributed by atoms with Gasteiger partial charge in [-0.2, -0.15) is 5.10 Å². The zero-order valence-corrected chi connectivity index (χ0v) is 19.0. The third kappa shape index (κ3) is 4.17. The molecule has 5 aromatic rings. The Morgan fingerprint density at radius 2 is 2.06 bits per heavy atom. The molecule has 0 radical (unpaired) electrons. The fraction of sp³-hybridized carbons (Fsp3) is 0.250. The normalized spacial score (nSPS) is 16.1. The van der Waals surface area contributed by atoms with E-state index < -0.39 is 0 Å². The topological polar surface area (TPSA) is 82.2 Å². The summed E-state index contributed by atoms with van der Waals surface area (Å²) in [4.78, 5) is 5.71. The molecule has 33 heavy (non-hydrogen) atoms. The van der Waals surface area contributed by atoms with E-state index in [2.05, 4.69) is 56.1 Å². The summed E-state index contributed by atoms with van der Waals surface area (Å²) in [6, 6.07) is 12.5. The van der Waals surface area contributed by atoms with E-state index in [0.29, 0.717) is 5.92 Å². The molecule has 1 N–H and O–H groups in total. The maximum absolute atomic E-state index is 5.47. The van der Waals surface area contributed by atoms with Gasteiger partial charge in [0, 0.05) is 59.9 Å². The summed E-state index contributed by atoms with van der Waals surface area (Å²) in [6.07, 6.45) is 8.94. The summed E-state index contributed by atoms with van der Waals surface area (Å²) in [6.45, 7) is 2.61. The predicted molar refractivity (Wildman–Crippen MR) is 128 cm³/mol. The third-order valence-electron chi connectivity index (χ3n) is 5.89. The molecule has 0 amide bonds. The standard InChI is InChI=1S/C24H23N7OS/c1-30-13-19(11-27-30)17-2-5-23-28-29-24(31(23)14-17)33-21-3-4-22-18(9-21)8-20(12-26-22)25-10-16-6-7-32-15-16/h2-5,8-9,11-14,16,25H,6-7,10,15H2,1H3. The molecular formula is C24H23N7OS. The largest absolute Gasteiger partial charge is 0.383 e. The predicted octanol–water partition coefficient (Wildman–Crippen LogP) is 4.28. The summed E-state index contributed by atoms with van der Waals surface area (Å²) in [5.41, 5.74) is 4.95. The molecule has 166 valence electrons. The van der Waals surface area contributed by atoms with Crippen molar-refractivity contribution in [3.8, 4) is 11.1 Å². The van der Waals surface area contributed by atoms with Gasteiger partial charge in [-0.25, -0.2) is 0 Å². The Morgan fingerprint density at radius 1 is 1.09 bits per heavy atom. The van der Waals surface area contributed by atoms with Crippen molar-refractivity contribution < 1.29 is 4.74 Å². The van der Waals surface area contributed by atoms with Crippen LogP contribution >= 0.6 is 11.8 Å². The van der Waals surface area contributed by atoms with Gasteiger partial charge < -0.3 is 10.1 Å². The Hall–Kier alpha value is -3.43. The lowest BCUT2D eigenvalue weighted by molar-refractivity contribution is 0.187. The average molecular weight is 458 g/mol. The van der Waals surface area contributed by atoms with Gasteiger partial charge >= 0.3 is 0 Å². The van der Waals surface area contributed by atoms with Crippen LogP contribution in [0.4, 0.5) is 5.69 Å².